The molecule has 20 heavy (non-hydrogen) atoms. The van der Waals surface area contributed by atoms with Gasteiger partial charge >= 0.3 is 5.97 Å². The van der Waals surface area contributed by atoms with Crippen molar-refractivity contribution in [3.63, 3.8) is 0 Å². The van der Waals surface area contributed by atoms with Crippen LogP contribution in [-0.2, 0) is 9.53 Å². The van der Waals surface area contributed by atoms with E-state index in [-0.39, 0.29) is 13.0 Å². The third kappa shape index (κ3) is 3.77. The van der Waals surface area contributed by atoms with Gasteiger partial charge in [-0.25, -0.2) is 0 Å². The number of hydrogen-bond donors (Lipinski definition) is 1. The normalized spacial score (nSPS) is 11.7. The quantitative estimate of drug-likeness (QED) is 0.768. The first kappa shape index (κ1) is 16.1. The van der Waals surface area contributed by atoms with Crippen LogP contribution in [0.2, 0.25) is 0 Å². The standard InChI is InChI=1S/C14H20O6/c1-5-20-13(16)8-10(15)14-11(18-3)6-9(17-2)7-12(14)19-4/h6-7,10,15H,5,8H2,1-4H3. The predicted octanol–water partition coefficient (Wildman–Crippen LogP) is 1.70. The van der Waals surface area contributed by atoms with Gasteiger partial charge in [-0.2, -0.15) is 0 Å². The summed E-state index contributed by atoms with van der Waals surface area (Å²) < 4.78 is 20.4. The third-order valence-electron chi connectivity index (χ3n) is 2.75. The molecule has 0 radical (unpaired) electrons. The van der Waals surface area contributed by atoms with Gasteiger partial charge in [-0.1, -0.05) is 0 Å². The minimum absolute atomic E-state index is 0.174. The number of hydrogen-bond acceptors (Lipinski definition) is 6. The predicted molar refractivity (Wildman–Crippen MR) is 72.3 cm³/mol. The first-order chi connectivity index (χ1) is 9.57. The lowest BCUT2D eigenvalue weighted by Gasteiger charge is -2.18. The van der Waals surface area contributed by atoms with Crippen LogP contribution in [0.25, 0.3) is 0 Å². The van der Waals surface area contributed by atoms with Crippen molar-refractivity contribution in [1.82, 2.24) is 0 Å². The molecule has 112 valence electrons. The summed E-state index contributed by atoms with van der Waals surface area (Å²) >= 11 is 0. The average Bonchev–Trinajstić information content (AvgIpc) is 2.45. The highest BCUT2D eigenvalue weighted by molar-refractivity contribution is 5.71. The number of benzene rings is 1. The summed E-state index contributed by atoms with van der Waals surface area (Å²) in [6.45, 7) is 1.97. The van der Waals surface area contributed by atoms with E-state index in [2.05, 4.69) is 0 Å². The van der Waals surface area contributed by atoms with Gasteiger partial charge in [0.1, 0.15) is 17.2 Å². The van der Waals surface area contributed by atoms with Crippen LogP contribution in [-0.4, -0.2) is 39.0 Å². The SMILES string of the molecule is CCOC(=O)CC(O)c1c(OC)cc(OC)cc1OC. The minimum atomic E-state index is -1.08. The number of ether oxygens (including phenoxy) is 4. The van der Waals surface area contributed by atoms with Crippen LogP contribution in [0.5, 0.6) is 17.2 Å². The molecule has 6 nitrogen and oxygen atoms in total. The zero-order valence-electron chi connectivity index (χ0n) is 12.1. The van der Waals surface area contributed by atoms with Crippen LogP contribution in [0.1, 0.15) is 25.0 Å². The second kappa shape index (κ2) is 7.59. The van der Waals surface area contributed by atoms with Gasteiger partial charge in [0.25, 0.3) is 0 Å². The Morgan fingerprint density at radius 3 is 2.10 bits per heavy atom. The van der Waals surface area contributed by atoms with Gasteiger partial charge in [0.05, 0.1) is 46.0 Å². The van der Waals surface area contributed by atoms with E-state index >= 15 is 0 Å². The Balaban J connectivity index is 3.10. The number of rotatable bonds is 7. The highest BCUT2D eigenvalue weighted by atomic mass is 16.5. The Morgan fingerprint density at radius 1 is 1.15 bits per heavy atom. The van der Waals surface area contributed by atoms with E-state index in [0.717, 1.165) is 0 Å². The molecule has 1 aromatic carbocycles. The van der Waals surface area contributed by atoms with Gasteiger partial charge < -0.3 is 24.1 Å². The molecule has 0 fully saturated rings. The van der Waals surface area contributed by atoms with E-state index in [1.54, 1.807) is 19.1 Å². The van der Waals surface area contributed by atoms with Crippen molar-refractivity contribution < 1.29 is 28.8 Å². The Bertz CT molecular complexity index is 432. The molecule has 0 saturated carbocycles. The molecule has 6 heteroatoms. The highest BCUT2D eigenvalue weighted by Crippen LogP contribution is 2.39. The Labute approximate surface area is 118 Å². The van der Waals surface area contributed by atoms with E-state index in [0.29, 0.717) is 22.8 Å². The number of aliphatic hydroxyl groups excluding tert-OH is 1. The van der Waals surface area contributed by atoms with E-state index in [1.807, 2.05) is 0 Å². The van der Waals surface area contributed by atoms with E-state index in [9.17, 15) is 9.90 Å². The van der Waals surface area contributed by atoms with Crippen molar-refractivity contribution in [1.29, 1.82) is 0 Å². The molecule has 1 rings (SSSR count). The van der Waals surface area contributed by atoms with E-state index in [1.165, 1.54) is 21.3 Å². The maximum atomic E-state index is 11.5. The molecule has 0 saturated heterocycles. The van der Waals surface area contributed by atoms with Gasteiger partial charge in [-0.05, 0) is 6.92 Å². The summed E-state index contributed by atoms with van der Waals surface area (Å²) in [6.07, 6.45) is -1.25. The van der Waals surface area contributed by atoms with Crippen molar-refractivity contribution in [2.24, 2.45) is 0 Å². The van der Waals surface area contributed by atoms with Crippen molar-refractivity contribution in [2.45, 2.75) is 19.4 Å². The third-order valence-corrected chi connectivity index (χ3v) is 2.75. The molecule has 1 unspecified atom stereocenters. The van der Waals surface area contributed by atoms with Crippen LogP contribution in [0, 0.1) is 0 Å². The molecule has 0 aliphatic rings. The Kier molecular flexibility index (Phi) is 6.11. The molecule has 0 aromatic heterocycles. The lowest BCUT2D eigenvalue weighted by Crippen LogP contribution is -2.12. The fourth-order valence-electron chi connectivity index (χ4n) is 1.84. The van der Waals surface area contributed by atoms with Gasteiger partial charge in [0, 0.05) is 12.1 Å². The maximum Gasteiger partial charge on any atom is 0.308 e. The van der Waals surface area contributed by atoms with Crippen LogP contribution in [0.4, 0.5) is 0 Å². The Hall–Kier alpha value is -1.95. The van der Waals surface area contributed by atoms with Crippen molar-refractivity contribution >= 4 is 5.97 Å². The molecular weight excluding hydrogens is 264 g/mol. The van der Waals surface area contributed by atoms with Crippen molar-refractivity contribution in [3.05, 3.63) is 17.7 Å². The van der Waals surface area contributed by atoms with Crippen LogP contribution in [0.15, 0.2) is 12.1 Å². The number of carbonyl (C=O) groups is 1. The topological polar surface area (TPSA) is 74.2 Å². The number of aliphatic hydroxyl groups is 1. The summed E-state index contributed by atoms with van der Waals surface area (Å²) in [6, 6.07) is 3.23. The summed E-state index contributed by atoms with van der Waals surface area (Å²) in [5.74, 6) is 0.821. The van der Waals surface area contributed by atoms with E-state index < -0.39 is 12.1 Å². The van der Waals surface area contributed by atoms with Gasteiger partial charge in [0.15, 0.2) is 0 Å². The van der Waals surface area contributed by atoms with Crippen molar-refractivity contribution in [2.75, 3.05) is 27.9 Å². The zero-order chi connectivity index (χ0) is 15.1. The second-order valence-electron chi connectivity index (χ2n) is 3.97. The lowest BCUT2D eigenvalue weighted by molar-refractivity contribution is -0.145. The van der Waals surface area contributed by atoms with Gasteiger partial charge in [-0.15, -0.1) is 0 Å². The summed E-state index contributed by atoms with van der Waals surface area (Å²) in [5.41, 5.74) is 0.392. The first-order valence-electron chi connectivity index (χ1n) is 6.20. The summed E-state index contributed by atoms with van der Waals surface area (Å²) in [7, 11) is 4.45. The summed E-state index contributed by atoms with van der Waals surface area (Å²) in [5, 5.41) is 10.2. The average molecular weight is 284 g/mol. The highest BCUT2D eigenvalue weighted by Gasteiger charge is 2.23. The molecule has 0 heterocycles. The molecule has 0 spiro atoms. The van der Waals surface area contributed by atoms with Crippen LogP contribution >= 0.6 is 0 Å². The molecule has 0 aliphatic heterocycles. The number of carbonyl (C=O) groups excluding carboxylic acids is 1. The maximum absolute atomic E-state index is 11.5. The lowest BCUT2D eigenvalue weighted by atomic mass is 10.0. The fraction of sp³-hybridized carbons (Fsp3) is 0.500. The van der Waals surface area contributed by atoms with Crippen LogP contribution in [0.3, 0.4) is 0 Å². The minimum Gasteiger partial charge on any atom is -0.496 e. The molecular formula is C14H20O6. The molecule has 0 aliphatic carbocycles. The smallest absolute Gasteiger partial charge is 0.308 e. The molecule has 1 N–H and O–H groups in total. The molecule has 1 atom stereocenters. The van der Waals surface area contributed by atoms with E-state index in [4.69, 9.17) is 18.9 Å². The number of methoxy groups -OCH3 is 3. The Morgan fingerprint density at radius 2 is 1.70 bits per heavy atom. The zero-order valence-corrected chi connectivity index (χ0v) is 12.1. The monoisotopic (exact) mass is 284 g/mol. The van der Waals surface area contributed by atoms with Gasteiger partial charge in [-0.3, -0.25) is 4.79 Å². The summed E-state index contributed by atoms with van der Waals surface area (Å²) in [4.78, 5) is 11.5. The molecule has 0 amide bonds. The van der Waals surface area contributed by atoms with Crippen LogP contribution < -0.4 is 14.2 Å². The number of esters is 1. The second-order valence-corrected chi connectivity index (χ2v) is 3.97. The molecule has 1 aromatic rings. The fourth-order valence-corrected chi connectivity index (χ4v) is 1.84. The first-order valence-corrected chi connectivity index (χ1v) is 6.20. The molecule has 0 bridgehead atoms. The largest absolute Gasteiger partial charge is 0.496 e. The van der Waals surface area contributed by atoms with Gasteiger partial charge in [0.2, 0.25) is 0 Å². The van der Waals surface area contributed by atoms with Crippen molar-refractivity contribution in [3.8, 4) is 17.2 Å².